The largest absolute Gasteiger partial charge is 0.361 e. The number of nitrogens with one attached hydrogen (secondary N) is 1. The fourth-order valence-corrected chi connectivity index (χ4v) is 4.85. The van der Waals surface area contributed by atoms with Gasteiger partial charge in [-0.2, -0.15) is 0 Å². The van der Waals surface area contributed by atoms with Crippen molar-refractivity contribution < 1.29 is 9.59 Å². The van der Waals surface area contributed by atoms with Gasteiger partial charge in [0.15, 0.2) is 0 Å². The Kier molecular flexibility index (Phi) is 4.81. The van der Waals surface area contributed by atoms with Gasteiger partial charge in [0.1, 0.15) is 0 Å². The SMILES string of the molecule is Cc1ccc2[nH]cc(CCN3CC(C(=O)N4CCc5ccccc5C4)CC3=O)c2c1. The van der Waals surface area contributed by atoms with Crippen LogP contribution in [0.1, 0.15) is 28.7 Å². The lowest BCUT2D eigenvalue weighted by Gasteiger charge is -2.30. The topological polar surface area (TPSA) is 56.4 Å². The zero-order valence-electron chi connectivity index (χ0n) is 17.4. The number of benzene rings is 2. The molecule has 30 heavy (non-hydrogen) atoms. The van der Waals surface area contributed by atoms with Gasteiger partial charge >= 0.3 is 0 Å². The van der Waals surface area contributed by atoms with E-state index >= 15 is 0 Å². The van der Waals surface area contributed by atoms with E-state index < -0.39 is 0 Å². The maximum atomic E-state index is 13.1. The molecule has 2 aromatic carbocycles. The molecule has 1 aromatic heterocycles. The van der Waals surface area contributed by atoms with E-state index in [1.54, 1.807) is 0 Å². The fourth-order valence-electron chi connectivity index (χ4n) is 4.85. The van der Waals surface area contributed by atoms with Gasteiger partial charge in [-0.25, -0.2) is 0 Å². The molecule has 0 aliphatic carbocycles. The van der Waals surface area contributed by atoms with Gasteiger partial charge < -0.3 is 14.8 Å². The number of nitrogens with zero attached hydrogens (tertiary/aromatic N) is 2. The molecule has 2 aliphatic rings. The van der Waals surface area contributed by atoms with Crippen molar-refractivity contribution in [2.45, 2.75) is 32.7 Å². The lowest BCUT2D eigenvalue weighted by atomic mass is 9.98. The van der Waals surface area contributed by atoms with Gasteiger partial charge in [0, 0.05) is 49.7 Å². The molecule has 1 fully saturated rings. The first kappa shape index (κ1) is 18.9. The minimum atomic E-state index is -0.215. The van der Waals surface area contributed by atoms with Crippen LogP contribution < -0.4 is 0 Å². The van der Waals surface area contributed by atoms with E-state index in [1.807, 2.05) is 22.1 Å². The molecule has 0 saturated carbocycles. The Hall–Kier alpha value is -3.08. The van der Waals surface area contributed by atoms with Crippen LogP contribution in [0.2, 0.25) is 0 Å². The van der Waals surface area contributed by atoms with Crippen molar-refractivity contribution in [1.82, 2.24) is 14.8 Å². The molecular weight excluding hydrogens is 374 g/mol. The van der Waals surface area contributed by atoms with Crippen molar-refractivity contribution in [2.24, 2.45) is 5.92 Å². The molecule has 1 atom stereocenters. The van der Waals surface area contributed by atoms with Crippen LogP contribution in [0, 0.1) is 12.8 Å². The van der Waals surface area contributed by atoms with Crippen molar-refractivity contribution in [3.63, 3.8) is 0 Å². The maximum Gasteiger partial charge on any atom is 0.228 e. The zero-order valence-corrected chi connectivity index (χ0v) is 17.4. The van der Waals surface area contributed by atoms with E-state index in [0.29, 0.717) is 26.1 Å². The van der Waals surface area contributed by atoms with Gasteiger partial charge in [-0.1, -0.05) is 35.9 Å². The third kappa shape index (κ3) is 3.49. The lowest BCUT2D eigenvalue weighted by molar-refractivity contribution is -0.136. The number of rotatable bonds is 4. The Morgan fingerprint density at radius 2 is 2.00 bits per heavy atom. The van der Waals surface area contributed by atoms with Crippen LogP contribution >= 0.6 is 0 Å². The first-order valence-electron chi connectivity index (χ1n) is 10.8. The molecule has 2 amide bonds. The molecular formula is C25H27N3O2. The number of fused-ring (bicyclic) bond motifs is 2. The van der Waals surface area contributed by atoms with Crippen LogP contribution in [0.4, 0.5) is 0 Å². The normalized spacial score (nSPS) is 18.8. The fraction of sp³-hybridized carbons (Fsp3) is 0.360. The second-order valence-corrected chi connectivity index (χ2v) is 8.63. The van der Waals surface area contributed by atoms with Crippen molar-refractivity contribution in [3.05, 3.63) is 70.9 Å². The Bertz CT molecular complexity index is 1120. The predicted octanol–water partition coefficient (Wildman–Crippen LogP) is 3.45. The molecule has 1 unspecified atom stereocenters. The number of hydrogen-bond acceptors (Lipinski definition) is 2. The number of H-pyrrole nitrogens is 1. The molecule has 5 heteroatoms. The van der Waals surface area contributed by atoms with Gasteiger partial charge in [-0.3, -0.25) is 9.59 Å². The summed E-state index contributed by atoms with van der Waals surface area (Å²) < 4.78 is 0. The van der Waals surface area contributed by atoms with Gasteiger partial charge in [-0.15, -0.1) is 0 Å². The molecule has 154 valence electrons. The summed E-state index contributed by atoms with van der Waals surface area (Å²) in [5.74, 6) is 0.0119. The number of amides is 2. The third-order valence-corrected chi connectivity index (χ3v) is 6.58. The minimum Gasteiger partial charge on any atom is -0.361 e. The monoisotopic (exact) mass is 401 g/mol. The Balaban J connectivity index is 1.22. The number of carbonyl (C=O) groups excluding carboxylic acids is 2. The highest BCUT2D eigenvalue weighted by Crippen LogP contribution is 2.26. The second-order valence-electron chi connectivity index (χ2n) is 8.63. The van der Waals surface area contributed by atoms with Gasteiger partial charge in [0.05, 0.1) is 5.92 Å². The molecule has 0 radical (unpaired) electrons. The van der Waals surface area contributed by atoms with E-state index in [4.69, 9.17) is 0 Å². The summed E-state index contributed by atoms with van der Waals surface area (Å²) in [7, 11) is 0. The van der Waals surface area contributed by atoms with Crippen molar-refractivity contribution in [3.8, 4) is 0 Å². The van der Waals surface area contributed by atoms with E-state index in [2.05, 4.69) is 48.3 Å². The predicted molar refractivity (Wildman–Crippen MR) is 117 cm³/mol. The number of aromatic nitrogens is 1. The van der Waals surface area contributed by atoms with Gasteiger partial charge in [0.2, 0.25) is 11.8 Å². The number of aryl methyl sites for hydroxylation is 1. The number of aromatic amines is 1. The van der Waals surface area contributed by atoms with Gasteiger partial charge in [-0.05, 0) is 48.6 Å². The van der Waals surface area contributed by atoms with E-state index in [-0.39, 0.29) is 17.7 Å². The third-order valence-electron chi connectivity index (χ3n) is 6.58. The molecule has 3 heterocycles. The average molecular weight is 402 g/mol. The van der Waals surface area contributed by atoms with E-state index in [1.165, 1.54) is 27.6 Å². The molecule has 0 spiro atoms. The maximum absolute atomic E-state index is 13.1. The highest BCUT2D eigenvalue weighted by molar-refractivity contribution is 5.89. The Morgan fingerprint density at radius 3 is 2.87 bits per heavy atom. The summed E-state index contributed by atoms with van der Waals surface area (Å²) in [6.45, 7) is 4.70. The van der Waals surface area contributed by atoms with Crippen LogP contribution in [0.5, 0.6) is 0 Å². The molecule has 1 saturated heterocycles. The van der Waals surface area contributed by atoms with E-state index in [0.717, 1.165) is 24.9 Å². The Labute approximate surface area is 176 Å². The summed E-state index contributed by atoms with van der Waals surface area (Å²) in [4.78, 5) is 32.8. The summed E-state index contributed by atoms with van der Waals surface area (Å²) in [6, 6.07) is 14.7. The summed E-state index contributed by atoms with van der Waals surface area (Å²) in [5.41, 5.74) is 6.15. The van der Waals surface area contributed by atoms with Crippen LogP contribution in [0.25, 0.3) is 10.9 Å². The molecule has 0 bridgehead atoms. The first-order valence-corrected chi connectivity index (χ1v) is 10.8. The van der Waals surface area contributed by atoms with Crippen molar-refractivity contribution >= 4 is 22.7 Å². The minimum absolute atomic E-state index is 0.0989. The first-order chi connectivity index (χ1) is 14.6. The van der Waals surface area contributed by atoms with Crippen LogP contribution in [-0.2, 0) is 29.0 Å². The summed E-state index contributed by atoms with van der Waals surface area (Å²) in [6.07, 6.45) is 4.07. The second kappa shape index (κ2) is 7.63. The zero-order chi connectivity index (χ0) is 20.7. The van der Waals surface area contributed by atoms with E-state index in [9.17, 15) is 9.59 Å². The summed E-state index contributed by atoms with van der Waals surface area (Å²) >= 11 is 0. The van der Waals surface area contributed by atoms with Crippen molar-refractivity contribution in [2.75, 3.05) is 19.6 Å². The van der Waals surface area contributed by atoms with Crippen LogP contribution in [0.3, 0.4) is 0 Å². The van der Waals surface area contributed by atoms with Gasteiger partial charge in [0.25, 0.3) is 0 Å². The smallest absolute Gasteiger partial charge is 0.228 e. The molecule has 3 aromatic rings. The lowest BCUT2D eigenvalue weighted by Crippen LogP contribution is -2.40. The highest BCUT2D eigenvalue weighted by Gasteiger charge is 2.37. The van der Waals surface area contributed by atoms with Crippen LogP contribution in [-0.4, -0.2) is 46.2 Å². The average Bonchev–Trinajstić information content (AvgIpc) is 3.34. The molecule has 5 nitrogen and oxygen atoms in total. The number of carbonyl (C=O) groups is 2. The quantitative estimate of drug-likeness (QED) is 0.728. The van der Waals surface area contributed by atoms with Crippen LogP contribution in [0.15, 0.2) is 48.7 Å². The molecule has 1 N–H and O–H groups in total. The highest BCUT2D eigenvalue weighted by atomic mass is 16.2. The molecule has 2 aliphatic heterocycles. The number of likely N-dealkylation sites (tertiary alicyclic amines) is 1. The van der Waals surface area contributed by atoms with Crippen molar-refractivity contribution in [1.29, 1.82) is 0 Å². The summed E-state index contributed by atoms with van der Waals surface area (Å²) in [5, 5.41) is 1.22. The molecule has 5 rings (SSSR count). The Morgan fingerprint density at radius 1 is 1.17 bits per heavy atom. The number of hydrogen-bond donors (Lipinski definition) is 1. The standard InChI is InChI=1S/C25H27N3O2/c1-17-6-7-23-22(12-17)19(14-26-23)9-10-27-16-21(13-24(27)29)25(30)28-11-8-18-4-2-3-5-20(18)15-28/h2-7,12,14,21,26H,8-11,13,15-16H2,1H3.